The molecule has 114 valence electrons. The van der Waals surface area contributed by atoms with E-state index in [1.54, 1.807) is 6.07 Å². The van der Waals surface area contributed by atoms with Crippen LogP contribution in [0, 0.1) is 5.92 Å². The molecule has 1 aliphatic heterocycles. The zero-order valence-corrected chi connectivity index (χ0v) is 12.0. The molecule has 1 aromatic rings. The summed E-state index contributed by atoms with van der Waals surface area (Å²) in [6.45, 7) is 0.328. The number of anilines is 2. The number of rotatable bonds is 4. The van der Waals surface area contributed by atoms with Crippen molar-refractivity contribution in [2.24, 2.45) is 5.92 Å². The van der Waals surface area contributed by atoms with E-state index in [1.807, 2.05) is 37.2 Å². The van der Waals surface area contributed by atoms with Gasteiger partial charge in [-0.25, -0.2) is 4.79 Å². The van der Waals surface area contributed by atoms with E-state index in [-0.39, 0.29) is 13.2 Å². The van der Waals surface area contributed by atoms with Gasteiger partial charge < -0.3 is 25.4 Å². The molecule has 7 heteroatoms. The van der Waals surface area contributed by atoms with Crippen LogP contribution in [-0.4, -0.2) is 50.5 Å². The molecule has 0 radical (unpaired) electrons. The summed E-state index contributed by atoms with van der Waals surface area (Å²) in [5.74, 6) is -1.67. The summed E-state index contributed by atoms with van der Waals surface area (Å²) in [7, 11) is 3.76. The normalized spacial score (nSPS) is 20.9. The standard InChI is InChI=1S/C14H19N3O4/c1-17(2)12-6-4-3-5-10(12)15-14(20)16-11-8-21-7-9(11)13(18)19/h3-6,9,11H,7-8H2,1-2H3,(H,18,19)(H2,15,16,20). The first-order valence-electron chi connectivity index (χ1n) is 6.63. The lowest BCUT2D eigenvalue weighted by atomic mass is 10.0. The first-order valence-corrected chi connectivity index (χ1v) is 6.63. The summed E-state index contributed by atoms with van der Waals surface area (Å²) >= 11 is 0. The number of nitrogens with zero attached hydrogens (tertiary/aromatic N) is 1. The van der Waals surface area contributed by atoms with Crippen molar-refractivity contribution in [3.05, 3.63) is 24.3 Å². The van der Waals surface area contributed by atoms with Gasteiger partial charge in [-0.3, -0.25) is 4.79 Å². The Morgan fingerprint density at radius 1 is 1.29 bits per heavy atom. The van der Waals surface area contributed by atoms with E-state index in [1.165, 1.54) is 0 Å². The van der Waals surface area contributed by atoms with Crippen LogP contribution in [0.25, 0.3) is 0 Å². The second kappa shape index (κ2) is 6.45. The molecule has 1 aromatic carbocycles. The van der Waals surface area contributed by atoms with Crippen LogP contribution in [0.15, 0.2) is 24.3 Å². The first-order chi connectivity index (χ1) is 9.99. The van der Waals surface area contributed by atoms with Gasteiger partial charge in [0.05, 0.1) is 30.6 Å². The number of ether oxygens (including phenoxy) is 1. The van der Waals surface area contributed by atoms with Crippen molar-refractivity contribution in [2.75, 3.05) is 37.5 Å². The number of aliphatic carboxylic acids is 1. The van der Waals surface area contributed by atoms with Crippen LogP contribution in [0.3, 0.4) is 0 Å². The molecule has 1 aliphatic rings. The highest BCUT2D eigenvalue weighted by Crippen LogP contribution is 2.23. The topological polar surface area (TPSA) is 90.9 Å². The monoisotopic (exact) mass is 293 g/mol. The highest BCUT2D eigenvalue weighted by molar-refractivity contribution is 5.93. The average molecular weight is 293 g/mol. The van der Waals surface area contributed by atoms with E-state index in [4.69, 9.17) is 9.84 Å². The number of hydrogen-bond acceptors (Lipinski definition) is 4. The highest BCUT2D eigenvalue weighted by Gasteiger charge is 2.35. The van der Waals surface area contributed by atoms with Crippen molar-refractivity contribution in [1.82, 2.24) is 5.32 Å². The second-order valence-corrected chi connectivity index (χ2v) is 5.10. The molecule has 7 nitrogen and oxygen atoms in total. The van der Waals surface area contributed by atoms with Gasteiger partial charge in [-0.1, -0.05) is 12.1 Å². The van der Waals surface area contributed by atoms with Crippen molar-refractivity contribution >= 4 is 23.4 Å². The van der Waals surface area contributed by atoms with Crippen LogP contribution in [-0.2, 0) is 9.53 Å². The number of nitrogens with one attached hydrogen (secondary N) is 2. The van der Waals surface area contributed by atoms with Gasteiger partial charge >= 0.3 is 12.0 Å². The molecular formula is C14H19N3O4. The molecule has 0 aliphatic carbocycles. The van der Waals surface area contributed by atoms with Gasteiger partial charge in [0.15, 0.2) is 0 Å². The third-order valence-corrected chi connectivity index (χ3v) is 3.35. The summed E-state index contributed by atoms with van der Waals surface area (Å²) in [6.07, 6.45) is 0. The molecule has 0 saturated carbocycles. The number of carbonyl (C=O) groups is 2. The summed E-state index contributed by atoms with van der Waals surface area (Å²) in [6, 6.07) is 6.41. The minimum atomic E-state index is -0.966. The number of benzene rings is 1. The van der Waals surface area contributed by atoms with Gasteiger partial charge in [0.1, 0.15) is 5.92 Å². The number of urea groups is 1. The fourth-order valence-electron chi connectivity index (χ4n) is 2.24. The number of para-hydroxylation sites is 2. The Kier molecular flexibility index (Phi) is 4.64. The Hall–Kier alpha value is -2.28. The largest absolute Gasteiger partial charge is 0.481 e. The lowest BCUT2D eigenvalue weighted by Gasteiger charge is -2.20. The zero-order chi connectivity index (χ0) is 15.4. The van der Waals surface area contributed by atoms with Gasteiger partial charge in [-0.05, 0) is 12.1 Å². The number of amides is 2. The fraction of sp³-hybridized carbons (Fsp3) is 0.429. The molecule has 0 spiro atoms. The third kappa shape index (κ3) is 3.63. The number of hydrogen-bond donors (Lipinski definition) is 3. The maximum Gasteiger partial charge on any atom is 0.319 e. The Morgan fingerprint density at radius 3 is 2.67 bits per heavy atom. The van der Waals surface area contributed by atoms with Crippen molar-refractivity contribution in [3.8, 4) is 0 Å². The lowest BCUT2D eigenvalue weighted by molar-refractivity contribution is -0.142. The molecule has 1 fully saturated rings. The average Bonchev–Trinajstić information content (AvgIpc) is 2.87. The number of carboxylic acids is 1. The minimum Gasteiger partial charge on any atom is -0.481 e. The molecule has 2 amide bonds. The molecule has 21 heavy (non-hydrogen) atoms. The summed E-state index contributed by atoms with van der Waals surface area (Å²) < 4.78 is 5.11. The van der Waals surface area contributed by atoms with E-state index >= 15 is 0 Å². The fourth-order valence-corrected chi connectivity index (χ4v) is 2.24. The Morgan fingerprint density at radius 2 is 2.00 bits per heavy atom. The summed E-state index contributed by atoms with van der Waals surface area (Å²) in [5, 5.41) is 14.4. The van der Waals surface area contributed by atoms with Gasteiger partial charge in [0.25, 0.3) is 0 Å². The molecule has 1 heterocycles. The van der Waals surface area contributed by atoms with Crippen LogP contribution < -0.4 is 15.5 Å². The summed E-state index contributed by atoms with van der Waals surface area (Å²) in [4.78, 5) is 24.9. The van der Waals surface area contributed by atoms with Gasteiger partial charge in [0, 0.05) is 14.1 Å². The summed E-state index contributed by atoms with van der Waals surface area (Å²) in [5.41, 5.74) is 1.52. The molecule has 0 aromatic heterocycles. The SMILES string of the molecule is CN(C)c1ccccc1NC(=O)NC1COCC1C(=O)O. The zero-order valence-electron chi connectivity index (χ0n) is 12.0. The van der Waals surface area contributed by atoms with E-state index in [0.29, 0.717) is 5.69 Å². The quantitative estimate of drug-likeness (QED) is 0.769. The second-order valence-electron chi connectivity index (χ2n) is 5.10. The van der Waals surface area contributed by atoms with E-state index in [2.05, 4.69) is 10.6 Å². The molecule has 2 rings (SSSR count). The predicted octanol–water partition coefficient (Wildman–Crippen LogP) is 0.974. The molecule has 3 N–H and O–H groups in total. The lowest BCUT2D eigenvalue weighted by Crippen LogP contribution is -2.44. The molecule has 2 unspecified atom stereocenters. The minimum absolute atomic E-state index is 0.120. The van der Waals surface area contributed by atoms with Crippen LogP contribution >= 0.6 is 0 Å². The Bertz CT molecular complexity index is 533. The van der Waals surface area contributed by atoms with E-state index < -0.39 is 24.0 Å². The molecule has 1 saturated heterocycles. The predicted molar refractivity (Wildman–Crippen MR) is 78.7 cm³/mol. The van der Waals surface area contributed by atoms with Crippen LogP contribution in [0.5, 0.6) is 0 Å². The van der Waals surface area contributed by atoms with Crippen LogP contribution in [0.1, 0.15) is 0 Å². The van der Waals surface area contributed by atoms with E-state index in [9.17, 15) is 9.59 Å². The molecule has 2 atom stereocenters. The molecular weight excluding hydrogens is 274 g/mol. The third-order valence-electron chi connectivity index (χ3n) is 3.35. The van der Waals surface area contributed by atoms with Crippen molar-refractivity contribution in [3.63, 3.8) is 0 Å². The van der Waals surface area contributed by atoms with Crippen LogP contribution in [0.2, 0.25) is 0 Å². The van der Waals surface area contributed by atoms with Gasteiger partial charge in [-0.2, -0.15) is 0 Å². The maximum atomic E-state index is 12.0. The number of carbonyl (C=O) groups excluding carboxylic acids is 1. The van der Waals surface area contributed by atoms with Crippen LogP contribution in [0.4, 0.5) is 16.2 Å². The number of carboxylic acid groups (broad SMARTS) is 1. The van der Waals surface area contributed by atoms with Crippen molar-refractivity contribution in [1.29, 1.82) is 0 Å². The smallest absolute Gasteiger partial charge is 0.319 e. The van der Waals surface area contributed by atoms with E-state index in [0.717, 1.165) is 5.69 Å². The van der Waals surface area contributed by atoms with Gasteiger partial charge in [-0.15, -0.1) is 0 Å². The van der Waals surface area contributed by atoms with Crippen molar-refractivity contribution in [2.45, 2.75) is 6.04 Å². The Balaban J connectivity index is 2.01. The van der Waals surface area contributed by atoms with Gasteiger partial charge in [0.2, 0.25) is 0 Å². The maximum absolute atomic E-state index is 12.0. The first kappa shape index (κ1) is 15.1. The highest BCUT2D eigenvalue weighted by atomic mass is 16.5. The molecule has 0 bridgehead atoms. The Labute approximate surface area is 122 Å². The van der Waals surface area contributed by atoms with Crippen molar-refractivity contribution < 1.29 is 19.4 Å².